The fraction of sp³-hybridized carbons (Fsp3) is 0.217. The highest BCUT2D eigenvalue weighted by Crippen LogP contribution is 2.32. The SMILES string of the molecule is Cc1cccc(Cn2cccc(C(=O)Nc3cc(N4CCCS4(=O)=O)ccc3O)c2=O)c1. The van der Waals surface area contributed by atoms with Gasteiger partial charge in [0.25, 0.3) is 11.5 Å². The van der Waals surface area contributed by atoms with Gasteiger partial charge >= 0.3 is 0 Å². The minimum Gasteiger partial charge on any atom is -0.506 e. The molecule has 0 unspecified atom stereocenters. The smallest absolute Gasteiger partial charge is 0.263 e. The predicted octanol–water partition coefficient (Wildman–Crippen LogP) is 2.70. The maximum absolute atomic E-state index is 12.9. The Hall–Kier alpha value is -3.59. The molecular weight excluding hydrogens is 430 g/mol. The molecule has 0 atom stereocenters. The van der Waals surface area contributed by atoms with Crippen LogP contribution in [0.3, 0.4) is 0 Å². The molecule has 1 amide bonds. The van der Waals surface area contributed by atoms with Crippen LogP contribution < -0.4 is 15.2 Å². The molecule has 2 N–H and O–H groups in total. The van der Waals surface area contributed by atoms with Crippen LogP contribution in [0, 0.1) is 6.92 Å². The van der Waals surface area contributed by atoms with E-state index < -0.39 is 21.5 Å². The van der Waals surface area contributed by atoms with E-state index in [9.17, 15) is 23.1 Å². The number of nitrogens with zero attached hydrogens (tertiary/aromatic N) is 2. The van der Waals surface area contributed by atoms with Gasteiger partial charge in [0, 0.05) is 12.7 Å². The van der Waals surface area contributed by atoms with Gasteiger partial charge in [-0.05, 0) is 49.2 Å². The molecule has 1 aromatic heterocycles. The molecule has 3 aromatic rings. The number of phenols is 1. The van der Waals surface area contributed by atoms with Crippen molar-refractivity contribution in [2.24, 2.45) is 0 Å². The van der Waals surface area contributed by atoms with Gasteiger partial charge in [-0.1, -0.05) is 29.8 Å². The summed E-state index contributed by atoms with van der Waals surface area (Å²) in [6, 6.07) is 15.0. The summed E-state index contributed by atoms with van der Waals surface area (Å²) in [5.74, 6) is -0.861. The summed E-state index contributed by atoms with van der Waals surface area (Å²) in [7, 11) is -3.41. The van der Waals surface area contributed by atoms with E-state index in [0.717, 1.165) is 11.1 Å². The lowest BCUT2D eigenvalue weighted by atomic mass is 10.1. The van der Waals surface area contributed by atoms with Gasteiger partial charge < -0.3 is 15.0 Å². The molecule has 166 valence electrons. The Bertz CT molecular complexity index is 1350. The summed E-state index contributed by atoms with van der Waals surface area (Å²) >= 11 is 0. The van der Waals surface area contributed by atoms with E-state index in [2.05, 4.69) is 5.32 Å². The zero-order valence-electron chi connectivity index (χ0n) is 17.5. The fourth-order valence-electron chi connectivity index (χ4n) is 3.74. The molecule has 0 bridgehead atoms. The van der Waals surface area contributed by atoms with Gasteiger partial charge in [0.05, 0.1) is 23.7 Å². The van der Waals surface area contributed by atoms with Gasteiger partial charge in [-0.3, -0.25) is 13.9 Å². The third kappa shape index (κ3) is 4.38. The van der Waals surface area contributed by atoms with Crippen LogP contribution in [0.1, 0.15) is 27.9 Å². The Labute approximate surface area is 185 Å². The number of benzene rings is 2. The largest absolute Gasteiger partial charge is 0.506 e. The first-order valence-electron chi connectivity index (χ1n) is 10.1. The van der Waals surface area contributed by atoms with E-state index in [1.165, 1.54) is 33.1 Å². The maximum atomic E-state index is 12.9. The van der Waals surface area contributed by atoms with Gasteiger partial charge in [-0.15, -0.1) is 0 Å². The minimum atomic E-state index is -3.41. The topological polar surface area (TPSA) is 109 Å². The molecule has 8 nitrogen and oxygen atoms in total. The number of phenolic OH excluding ortho intramolecular Hbond substituents is 1. The van der Waals surface area contributed by atoms with E-state index in [-0.39, 0.29) is 22.8 Å². The van der Waals surface area contributed by atoms with Crippen LogP contribution in [0.2, 0.25) is 0 Å². The van der Waals surface area contributed by atoms with E-state index in [4.69, 9.17) is 0 Å². The number of aromatic hydroxyl groups is 1. The number of amides is 1. The number of hydrogen-bond acceptors (Lipinski definition) is 5. The molecule has 1 aliphatic heterocycles. The molecule has 32 heavy (non-hydrogen) atoms. The third-order valence-electron chi connectivity index (χ3n) is 5.32. The monoisotopic (exact) mass is 453 g/mol. The van der Waals surface area contributed by atoms with E-state index in [1.54, 1.807) is 12.3 Å². The minimum absolute atomic E-state index is 0.0306. The second-order valence-corrected chi connectivity index (χ2v) is 9.75. The number of carbonyl (C=O) groups excluding carboxylic acids is 1. The van der Waals surface area contributed by atoms with Gasteiger partial charge in [-0.25, -0.2) is 8.42 Å². The van der Waals surface area contributed by atoms with E-state index in [0.29, 0.717) is 25.2 Å². The third-order valence-corrected chi connectivity index (χ3v) is 7.19. The second kappa shape index (κ2) is 8.51. The quantitative estimate of drug-likeness (QED) is 0.578. The van der Waals surface area contributed by atoms with Crippen molar-refractivity contribution in [1.29, 1.82) is 0 Å². The average molecular weight is 454 g/mol. The number of nitrogens with one attached hydrogen (secondary N) is 1. The van der Waals surface area contributed by atoms with Crippen molar-refractivity contribution in [2.45, 2.75) is 19.9 Å². The number of aromatic nitrogens is 1. The van der Waals surface area contributed by atoms with Crippen molar-refractivity contribution in [3.05, 3.63) is 87.8 Å². The summed E-state index contributed by atoms with van der Waals surface area (Å²) < 4.78 is 27.1. The standard InChI is InChI=1S/C23H23N3O5S/c1-16-5-2-6-17(13-16)15-25-10-3-7-19(23(25)29)22(28)24-20-14-18(8-9-21(20)27)26-11-4-12-32(26,30)31/h2-3,5-10,13-14,27H,4,11-12,15H2,1H3,(H,24,28). The van der Waals surface area contributed by atoms with E-state index in [1.807, 2.05) is 31.2 Å². The summed E-state index contributed by atoms with van der Waals surface area (Å²) in [5.41, 5.74) is 1.83. The Morgan fingerprint density at radius 1 is 1.12 bits per heavy atom. The summed E-state index contributed by atoms with van der Waals surface area (Å²) in [5, 5.41) is 12.7. The number of hydrogen-bond donors (Lipinski definition) is 2. The highest BCUT2D eigenvalue weighted by Gasteiger charge is 2.29. The maximum Gasteiger partial charge on any atom is 0.263 e. The Morgan fingerprint density at radius 3 is 2.66 bits per heavy atom. The zero-order valence-corrected chi connectivity index (χ0v) is 18.3. The molecule has 1 aliphatic rings. The van der Waals surface area contributed by atoms with Gasteiger partial charge in [-0.2, -0.15) is 0 Å². The van der Waals surface area contributed by atoms with Gasteiger partial charge in [0.15, 0.2) is 0 Å². The van der Waals surface area contributed by atoms with Crippen molar-refractivity contribution < 1.29 is 18.3 Å². The highest BCUT2D eigenvalue weighted by atomic mass is 32.2. The lowest BCUT2D eigenvalue weighted by Crippen LogP contribution is -2.29. The normalized spacial score (nSPS) is 15.0. The average Bonchev–Trinajstić information content (AvgIpc) is 3.10. The van der Waals surface area contributed by atoms with Crippen molar-refractivity contribution in [2.75, 3.05) is 21.9 Å². The summed E-state index contributed by atoms with van der Waals surface area (Å²) in [6.45, 7) is 2.61. The lowest BCUT2D eigenvalue weighted by molar-refractivity contribution is 0.102. The van der Waals surface area contributed by atoms with Crippen LogP contribution in [-0.2, 0) is 16.6 Å². The molecule has 2 aromatic carbocycles. The van der Waals surface area contributed by atoms with Crippen LogP contribution in [0.25, 0.3) is 0 Å². The Balaban J connectivity index is 1.59. The van der Waals surface area contributed by atoms with Crippen molar-refractivity contribution >= 4 is 27.3 Å². The highest BCUT2D eigenvalue weighted by molar-refractivity contribution is 7.93. The zero-order chi connectivity index (χ0) is 22.9. The van der Waals surface area contributed by atoms with E-state index >= 15 is 0 Å². The molecule has 0 spiro atoms. The first-order valence-corrected chi connectivity index (χ1v) is 11.8. The molecule has 0 aliphatic carbocycles. The van der Waals surface area contributed by atoms with Crippen LogP contribution in [0.15, 0.2) is 65.6 Å². The Morgan fingerprint density at radius 2 is 1.94 bits per heavy atom. The molecule has 1 fully saturated rings. The van der Waals surface area contributed by atoms with Gasteiger partial charge in [0.2, 0.25) is 10.0 Å². The number of anilines is 2. The molecule has 2 heterocycles. The van der Waals surface area contributed by atoms with Crippen molar-refractivity contribution in [3.63, 3.8) is 0 Å². The molecule has 9 heteroatoms. The first kappa shape index (κ1) is 21.6. The number of aryl methyl sites for hydroxylation is 1. The summed E-state index contributed by atoms with van der Waals surface area (Å²) in [6.07, 6.45) is 2.12. The number of carbonyl (C=O) groups is 1. The molecular formula is C23H23N3O5S. The van der Waals surface area contributed by atoms with Crippen molar-refractivity contribution in [3.8, 4) is 5.75 Å². The second-order valence-electron chi connectivity index (χ2n) is 7.74. The molecule has 0 saturated carbocycles. The number of rotatable bonds is 5. The Kier molecular flexibility index (Phi) is 5.75. The predicted molar refractivity (Wildman–Crippen MR) is 123 cm³/mol. The lowest BCUT2D eigenvalue weighted by Gasteiger charge is -2.18. The number of pyridine rings is 1. The van der Waals surface area contributed by atoms with Crippen LogP contribution in [0.4, 0.5) is 11.4 Å². The fourth-order valence-corrected chi connectivity index (χ4v) is 5.30. The van der Waals surface area contributed by atoms with Crippen LogP contribution >= 0.6 is 0 Å². The first-order chi connectivity index (χ1) is 15.2. The molecule has 0 radical (unpaired) electrons. The van der Waals surface area contributed by atoms with Crippen LogP contribution in [-0.4, -0.2) is 36.3 Å². The molecule has 1 saturated heterocycles. The van der Waals surface area contributed by atoms with Crippen LogP contribution in [0.5, 0.6) is 5.75 Å². The van der Waals surface area contributed by atoms with Crippen molar-refractivity contribution in [1.82, 2.24) is 4.57 Å². The number of sulfonamides is 1. The van der Waals surface area contributed by atoms with Gasteiger partial charge in [0.1, 0.15) is 11.3 Å². The molecule has 4 rings (SSSR count). The summed E-state index contributed by atoms with van der Waals surface area (Å²) in [4.78, 5) is 25.7.